The lowest BCUT2D eigenvalue weighted by molar-refractivity contribution is 0.355. The second kappa shape index (κ2) is 6.72. The van der Waals surface area contributed by atoms with E-state index in [0.717, 1.165) is 36.4 Å². The predicted molar refractivity (Wildman–Crippen MR) is 88.5 cm³/mol. The molecule has 0 atom stereocenters. The van der Waals surface area contributed by atoms with Crippen molar-refractivity contribution in [1.82, 2.24) is 15.2 Å². The van der Waals surface area contributed by atoms with Crippen LogP contribution in [0.2, 0.25) is 0 Å². The zero-order valence-electron chi connectivity index (χ0n) is 11.8. The molecule has 1 aliphatic heterocycles. The van der Waals surface area contributed by atoms with Crippen molar-refractivity contribution in [3.8, 4) is 0 Å². The normalized spacial score (nSPS) is 21.0. The fourth-order valence-electron chi connectivity index (χ4n) is 2.99. The number of hydrogen-bond acceptors (Lipinski definition) is 4. The molecular formula is C14H22N4S2. The van der Waals surface area contributed by atoms with Gasteiger partial charge in [-0.3, -0.25) is 0 Å². The zero-order chi connectivity index (χ0) is 13.8. The van der Waals surface area contributed by atoms with Crippen LogP contribution in [0.4, 0.5) is 5.13 Å². The van der Waals surface area contributed by atoms with Gasteiger partial charge in [-0.1, -0.05) is 19.3 Å². The van der Waals surface area contributed by atoms with Crippen LogP contribution in [0.15, 0.2) is 11.6 Å². The number of aromatic nitrogens is 1. The molecule has 1 N–H and O–H groups in total. The van der Waals surface area contributed by atoms with E-state index in [-0.39, 0.29) is 0 Å². The third kappa shape index (κ3) is 3.41. The van der Waals surface area contributed by atoms with E-state index in [0.29, 0.717) is 6.04 Å². The molecule has 4 nitrogen and oxygen atoms in total. The Labute approximate surface area is 130 Å². The van der Waals surface area contributed by atoms with Crippen molar-refractivity contribution in [2.45, 2.75) is 38.1 Å². The molecule has 2 fully saturated rings. The highest BCUT2D eigenvalue weighted by Gasteiger charge is 2.22. The van der Waals surface area contributed by atoms with Gasteiger partial charge in [0.2, 0.25) is 0 Å². The highest BCUT2D eigenvalue weighted by molar-refractivity contribution is 7.80. The largest absolute Gasteiger partial charge is 0.360 e. The van der Waals surface area contributed by atoms with Gasteiger partial charge in [-0.05, 0) is 25.1 Å². The fourth-order valence-corrected chi connectivity index (χ4v) is 4.03. The molecule has 1 saturated heterocycles. The lowest BCUT2D eigenvalue weighted by Crippen LogP contribution is -2.53. The molecular weight excluding hydrogens is 288 g/mol. The van der Waals surface area contributed by atoms with Crippen molar-refractivity contribution < 1.29 is 0 Å². The van der Waals surface area contributed by atoms with Crippen LogP contribution in [0, 0.1) is 0 Å². The quantitative estimate of drug-likeness (QED) is 0.848. The van der Waals surface area contributed by atoms with Gasteiger partial charge in [0.15, 0.2) is 10.2 Å². The first-order valence-electron chi connectivity index (χ1n) is 7.53. The van der Waals surface area contributed by atoms with Crippen LogP contribution < -0.4 is 10.2 Å². The minimum absolute atomic E-state index is 0.605. The lowest BCUT2D eigenvalue weighted by Gasteiger charge is -2.37. The zero-order valence-corrected chi connectivity index (χ0v) is 13.4. The average molecular weight is 310 g/mol. The number of anilines is 1. The van der Waals surface area contributed by atoms with E-state index in [4.69, 9.17) is 12.2 Å². The Morgan fingerprint density at radius 1 is 1.20 bits per heavy atom. The standard InChI is InChI=1S/C14H22N4S2/c19-13(16-12-4-2-1-3-5-12)17-7-9-18(10-8-17)14-15-6-11-20-14/h6,11-12H,1-5,7-10H2,(H,16,19). The first kappa shape index (κ1) is 14.1. The van der Waals surface area contributed by atoms with Crippen LogP contribution in [0.25, 0.3) is 0 Å². The van der Waals surface area contributed by atoms with E-state index in [9.17, 15) is 0 Å². The van der Waals surface area contributed by atoms with Gasteiger partial charge in [-0.2, -0.15) is 0 Å². The van der Waals surface area contributed by atoms with Crippen molar-refractivity contribution in [2.24, 2.45) is 0 Å². The molecule has 1 aromatic heterocycles. The SMILES string of the molecule is S=C(NC1CCCCC1)N1CCN(c2nccs2)CC1. The van der Waals surface area contributed by atoms with E-state index in [1.165, 1.54) is 32.1 Å². The molecule has 2 heterocycles. The Bertz CT molecular complexity index is 420. The van der Waals surface area contributed by atoms with Gasteiger partial charge in [0.1, 0.15) is 0 Å². The number of rotatable bonds is 2. The summed E-state index contributed by atoms with van der Waals surface area (Å²) >= 11 is 7.29. The third-order valence-corrected chi connectivity index (χ3v) is 5.40. The van der Waals surface area contributed by atoms with Gasteiger partial charge in [0.05, 0.1) is 0 Å². The molecule has 110 valence electrons. The van der Waals surface area contributed by atoms with E-state index in [2.05, 4.69) is 20.1 Å². The summed E-state index contributed by atoms with van der Waals surface area (Å²) in [6, 6.07) is 0.605. The van der Waals surface area contributed by atoms with E-state index < -0.39 is 0 Å². The smallest absolute Gasteiger partial charge is 0.185 e. The molecule has 0 radical (unpaired) electrons. The monoisotopic (exact) mass is 310 g/mol. The molecule has 1 aliphatic carbocycles. The number of piperazine rings is 1. The average Bonchev–Trinajstić information content (AvgIpc) is 3.03. The van der Waals surface area contributed by atoms with Crippen LogP contribution in [0.3, 0.4) is 0 Å². The number of thiocarbonyl (C=S) groups is 1. The Morgan fingerprint density at radius 3 is 2.60 bits per heavy atom. The van der Waals surface area contributed by atoms with Gasteiger partial charge in [-0.25, -0.2) is 4.98 Å². The molecule has 0 bridgehead atoms. The van der Waals surface area contributed by atoms with Crippen molar-refractivity contribution in [2.75, 3.05) is 31.1 Å². The second-order valence-electron chi connectivity index (χ2n) is 5.57. The molecule has 2 aliphatic rings. The van der Waals surface area contributed by atoms with Crippen molar-refractivity contribution in [3.05, 3.63) is 11.6 Å². The summed E-state index contributed by atoms with van der Waals surface area (Å²) in [6.07, 6.45) is 8.51. The first-order chi connectivity index (χ1) is 9.83. The Kier molecular flexibility index (Phi) is 4.73. The van der Waals surface area contributed by atoms with Gasteiger partial charge < -0.3 is 15.1 Å². The summed E-state index contributed by atoms with van der Waals surface area (Å²) in [6.45, 7) is 4.02. The molecule has 1 saturated carbocycles. The van der Waals surface area contributed by atoms with Gasteiger partial charge in [0.25, 0.3) is 0 Å². The topological polar surface area (TPSA) is 31.4 Å². The summed E-state index contributed by atoms with van der Waals surface area (Å²) in [5.74, 6) is 0. The fraction of sp³-hybridized carbons (Fsp3) is 0.714. The minimum atomic E-state index is 0.605. The predicted octanol–water partition coefficient (Wildman–Crippen LogP) is 2.47. The molecule has 0 amide bonds. The van der Waals surface area contributed by atoms with Crippen molar-refractivity contribution in [3.63, 3.8) is 0 Å². The van der Waals surface area contributed by atoms with Crippen molar-refractivity contribution >= 4 is 33.8 Å². The van der Waals surface area contributed by atoms with Crippen LogP contribution in [-0.2, 0) is 0 Å². The number of hydrogen-bond donors (Lipinski definition) is 1. The number of thiazole rings is 1. The maximum absolute atomic E-state index is 5.58. The Morgan fingerprint density at radius 2 is 1.95 bits per heavy atom. The van der Waals surface area contributed by atoms with Crippen LogP contribution in [0.5, 0.6) is 0 Å². The highest BCUT2D eigenvalue weighted by atomic mass is 32.1. The Balaban J connectivity index is 1.46. The molecule has 0 unspecified atom stereocenters. The minimum Gasteiger partial charge on any atom is -0.360 e. The Hall–Kier alpha value is -0.880. The van der Waals surface area contributed by atoms with Crippen LogP contribution in [0.1, 0.15) is 32.1 Å². The maximum atomic E-state index is 5.58. The van der Waals surface area contributed by atoms with Crippen LogP contribution >= 0.6 is 23.6 Å². The molecule has 6 heteroatoms. The highest BCUT2D eigenvalue weighted by Crippen LogP contribution is 2.20. The molecule has 0 aromatic carbocycles. The van der Waals surface area contributed by atoms with Crippen molar-refractivity contribution in [1.29, 1.82) is 0 Å². The second-order valence-corrected chi connectivity index (χ2v) is 6.83. The molecule has 3 rings (SSSR count). The number of nitrogens with one attached hydrogen (secondary N) is 1. The summed E-state index contributed by atoms with van der Waals surface area (Å²) in [4.78, 5) is 9.05. The summed E-state index contributed by atoms with van der Waals surface area (Å²) < 4.78 is 0. The molecule has 20 heavy (non-hydrogen) atoms. The molecule has 0 spiro atoms. The van der Waals surface area contributed by atoms with Crippen LogP contribution in [-0.4, -0.2) is 47.2 Å². The van der Waals surface area contributed by atoms with Gasteiger partial charge in [-0.15, -0.1) is 11.3 Å². The third-order valence-electron chi connectivity index (χ3n) is 4.19. The van der Waals surface area contributed by atoms with E-state index in [1.54, 1.807) is 11.3 Å². The van der Waals surface area contributed by atoms with Gasteiger partial charge >= 0.3 is 0 Å². The van der Waals surface area contributed by atoms with E-state index >= 15 is 0 Å². The summed E-state index contributed by atoms with van der Waals surface area (Å²) in [7, 11) is 0. The molecule has 1 aromatic rings. The van der Waals surface area contributed by atoms with E-state index in [1.807, 2.05) is 11.6 Å². The lowest BCUT2D eigenvalue weighted by atomic mass is 9.96. The number of nitrogens with zero attached hydrogens (tertiary/aromatic N) is 3. The first-order valence-corrected chi connectivity index (χ1v) is 8.81. The van der Waals surface area contributed by atoms with Gasteiger partial charge in [0, 0.05) is 43.8 Å². The maximum Gasteiger partial charge on any atom is 0.185 e. The summed E-state index contributed by atoms with van der Waals surface area (Å²) in [5, 5.41) is 7.69. The summed E-state index contributed by atoms with van der Waals surface area (Å²) in [5.41, 5.74) is 0.